The van der Waals surface area contributed by atoms with Gasteiger partial charge in [0.15, 0.2) is 0 Å². The molecule has 0 fully saturated rings. The summed E-state index contributed by atoms with van der Waals surface area (Å²) in [5.74, 6) is 0.821. The number of hydrogen-bond acceptors (Lipinski definition) is 4. The van der Waals surface area contributed by atoms with Gasteiger partial charge in [-0.25, -0.2) is 0 Å². The van der Waals surface area contributed by atoms with Crippen LogP contribution >= 0.6 is 0 Å². The zero-order valence-electron chi connectivity index (χ0n) is 10.8. The highest BCUT2D eigenvalue weighted by Crippen LogP contribution is 2.12. The minimum Gasteiger partial charge on any atom is -0.497 e. The maximum absolute atomic E-state index is 11.2. The summed E-state index contributed by atoms with van der Waals surface area (Å²) in [5.41, 5.74) is 1.88. The third-order valence-corrected chi connectivity index (χ3v) is 3.82. The molecule has 0 spiro atoms. The van der Waals surface area contributed by atoms with Gasteiger partial charge in [-0.1, -0.05) is 0 Å². The Balaban J connectivity index is 2.51. The molecule has 0 bridgehead atoms. The summed E-state index contributed by atoms with van der Waals surface area (Å²) in [6.45, 7) is 5.30. The molecule has 0 aliphatic carbocycles. The molecule has 1 aromatic rings. The first-order chi connectivity index (χ1) is 8.02. The van der Waals surface area contributed by atoms with E-state index in [4.69, 9.17) is 4.74 Å². The Kier molecular flexibility index (Phi) is 5.58. The SMILES string of the molecule is COc1cc(C)nc(CNCC(C)S(C)=O)c1. The molecule has 4 nitrogen and oxygen atoms in total. The zero-order valence-corrected chi connectivity index (χ0v) is 11.6. The van der Waals surface area contributed by atoms with Crippen molar-refractivity contribution >= 4 is 10.8 Å². The van der Waals surface area contributed by atoms with Crippen LogP contribution in [0.1, 0.15) is 18.3 Å². The number of ether oxygens (including phenoxy) is 1. The predicted molar refractivity (Wildman–Crippen MR) is 70.8 cm³/mol. The van der Waals surface area contributed by atoms with Crippen LogP contribution in [0.5, 0.6) is 5.75 Å². The second kappa shape index (κ2) is 6.71. The van der Waals surface area contributed by atoms with E-state index in [-0.39, 0.29) is 5.25 Å². The van der Waals surface area contributed by atoms with E-state index in [1.165, 1.54) is 0 Å². The maximum atomic E-state index is 11.2. The lowest BCUT2D eigenvalue weighted by Gasteiger charge is -2.10. The number of aromatic nitrogens is 1. The van der Waals surface area contributed by atoms with Gasteiger partial charge in [0.05, 0.1) is 12.8 Å². The van der Waals surface area contributed by atoms with Crippen molar-refractivity contribution in [1.82, 2.24) is 10.3 Å². The fourth-order valence-electron chi connectivity index (χ4n) is 1.43. The summed E-state index contributed by atoms with van der Waals surface area (Å²) in [4.78, 5) is 4.41. The molecule has 1 aromatic heterocycles. The lowest BCUT2D eigenvalue weighted by atomic mass is 10.3. The third kappa shape index (κ3) is 4.83. The van der Waals surface area contributed by atoms with E-state index in [0.29, 0.717) is 6.54 Å². The van der Waals surface area contributed by atoms with Crippen LogP contribution in [0.15, 0.2) is 12.1 Å². The van der Waals surface area contributed by atoms with Crippen molar-refractivity contribution in [3.05, 3.63) is 23.5 Å². The number of methoxy groups -OCH3 is 1. The van der Waals surface area contributed by atoms with E-state index < -0.39 is 10.8 Å². The number of aryl methyl sites for hydroxylation is 1. The van der Waals surface area contributed by atoms with Gasteiger partial charge in [-0.05, 0) is 13.8 Å². The van der Waals surface area contributed by atoms with Gasteiger partial charge in [0.2, 0.25) is 0 Å². The molecule has 2 atom stereocenters. The number of rotatable bonds is 6. The third-order valence-electron chi connectivity index (χ3n) is 2.52. The number of pyridine rings is 1. The first-order valence-corrected chi connectivity index (χ1v) is 7.19. The lowest BCUT2D eigenvalue weighted by Crippen LogP contribution is -2.27. The molecule has 0 saturated carbocycles. The van der Waals surface area contributed by atoms with Crippen LogP contribution in [0.3, 0.4) is 0 Å². The highest BCUT2D eigenvalue weighted by Gasteiger charge is 2.06. The molecule has 1 rings (SSSR count). The second-order valence-electron chi connectivity index (χ2n) is 4.08. The second-order valence-corrected chi connectivity index (χ2v) is 5.88. The number of nitrogens with one attached hydrogen (secondary N) is 1. The van der Waals surface area contributed by atoms with Crippen molar-refractivity contribution in [2.45, 2.75) is 25.6 Å². The maximum Gasteiger partial charge on any atom is 0.122 e. The summed E-state index contributed by atoms with van der Waals surface area (Å²) >= 11 is 0. The van der Waals surface area contributed by atoms with Gasteiger partial charge in [-0.15, -0.1) is 0 Å². The van der Waals surface area contributed by atoms with Crippen molar-refractivity contribution in [1.29, 1.82) is 0 Å². The van der Waals surface area contributed by atoms with Crippen LogP contribution in [0.2, 0.25) is 0 Å². The smallest absolute Gasteiger partial charge is 0.122 e. The topological polar surface area (TPSA) is 51.2 Å². The molecule has 1 heterocycles. The molecule has 2 unspecified atom stereocenters. The molecule has 5 heteroatoms. The Morgan fingerprint density at radius 3 is 2.82 bits per heavy atom. The van der Waals surface area contributed by atoms with Gasteiger partial charge in [0.25, 0.3) is 0 Å². The minimum absolute atomic E-state index is 0.154. The van der Waals surface area contributed by atoms with E-state index in [9.17, 15) is 4.21 Å². The highest BCUT2D eigenvalue weighted by atomic mass is 32.2. The Morgan fingerprint density at radius 2 is 2.24 bits per heavy atom. The summed E-state index contributed by atoms with van der Waals surface area (Å²) < 4.78 is 16.4. The standard InChI is InChI=1S/C12H20N2O2S/c1-9-5-12(16-3)6-11(14-9)8-13-7-10(2)17(4)15/h5-6,10,13H,7-8H2,1-4H3. The van der Waals surface area contributed by atoms with Crippen LogP contribution in [0, 0.1) is 6.92 Å². The average Bonchev–Trinajstić information content (AvgIpc) is 2.27. The molecular formula is C12H20N2O2S. The normalized spacial score (nSPS) is 14.4. The first kappa shape index (κ1) is 14.1. The Hall–Kier alpha value is -0.940. The van der Waals surface area contributed by atoms with Crippen LogP contribution in [0.25, 0.3) is 0 Å². The zero-order chi connectivity index (χ0) is 12.8. The van der Waals surface area contributed by atoms with Crippen molar-refractivity contribution in [2.24, 2.45) is 0 Å². The molecule has 17 heavy (non-hydrogen) atoms. The average molecular weight is 256 g/mol. The van der Waals surface area contributed by atoms with Crippen molar-refractivity contribution in [3.63, 3.8) is 0 Å². The molecular weight excluding hydrogens is 236 g/mol. The summed E-state index contributed by atoms with van der Waals surface area (Å²) in [5, 5.41) is 3.40. The number of hydrogen-bond donors (Lipinski definition) is 1. The minimum atomic E-state index is -0.786. The van der Waals surface area contributed by atoms with E-state index >= 15 is 0 Å². The monoisotopic (exact) mass is 256 g/mol. The van der Waals surface area contributed by atoms with E-state index in [0.717, 1.165) is 23.7 Å². The highest BCUT2D eigenvalue weighted by molar-refractivity contribution is 7.84. The molecule has 0 aliphatic heterocycles. The van der Waals surface area contributed by atoms with Gasteiger partial charge in [0, 0.05) is 53.2 Å². The first-order valence-electron chi connectivity index (χ1n) is 5.57. The van der Waals surface area contributed by atoms with Crippen molar-refractivity contribution in [3.8, 4) is 5.75 Å². The summed E-state index contributed by atoms with van der Waals surface area (Å²) in [6, 6.07) is 3.81. The Bertz CT molecular complexity index is 396. The molecule has 1 N–H and O–H groups in total. The molecule has 0 aliphatic rings. The van der Waals surface area contributed by atoms with Gasteiger partial charge in [-0.2, -0.15) is 0 Å². The molecule has 96 valence electrons. The summed E-state index contributed by atoms with van der Waals surface area (Å²) in [6.07, 6.45) is 1.72. The van der Waals surface area contributed by atoms with E-state index in [2.05, 4.69) is 10.3 Å². The van der Waals surface area contributed by atoms with Crippen molar-refractivity contribution < 1.29 is 8.95 Å². The largest absolute Gasteiger partial charge is 0.497 e. The van der Waals surface area contributed by atoms with Gasteiger partial charge < -0.3 is 10.1 Å². The van der Waals surface area contributed by atoms with E-state index in [1.807, 2.05) is 26.0 Å². The van der Waals surface area contributed by atoms with Crippen LogP contribution in [0.4, 0.5) is 0 Å². The Labute approximate surface area is 105 Å². The predicted octanol–water partition coefficient (Wildman–Crippen LogP) is 1.26. The van der Waals surface area contributed by atoms with Crippen LogP contribution in [-0.2, 0) is 17.3 Å². The quantitative estimate of drug-likeness (QED) is 0.832. The van der Waals surface area contributed by atoms with Crippen LogP contribution in [-0.4, -0.2) is 34.4 Å². The van der Waals surface area contributed by atoms with Crippen molar-refractivity contribution in [2.75, 3.05) is 19.9 Å². The molecule has 0 aromatic carbocycles. The fraction of sp³-hybridized carbons (Fsp3) is 0.583. The fourth-order valence-corrected chi connectivity index (χ4v) is 1.78. The summed E-state index contributed by atoms with van der Waals surface area (Å²) in [7, 11) is 0.861. The van der Waals surface area contributed by atoms with Gasteiger partial charge in [0.1, 0.15) is 5.75 Å². The van der Waals surface area contributed by atoms with E-state index in [1.54, 1.807) is 13.4 Å². The lowest BCUT2D eigenvalue weighted by molar-refractivity contribution is 0.412. The molecule has 0 radical (unpaired) electrons. The van der Waals surface area contributed by atoms with Gasteiger partial charge in [-0.3, -0.25) is 9.19 Å². The number of nitrogens with zero attached hydrogens (tertiary/aromatic N) is 1. The molecule has 0 amide bonds. The van der Waals surface area contributed by atoms with Gasteiger partial charge >= 0.3 is 0 Å². The Morgan fingerprint density at radius 1 is 1.53 bits per heavy atom. The molecule has 0 saturated heterocycles. The van der Waals surface area contributed by atoms with Crippen LogP contribution < -0.4 is 10.1 Å².